The van der Waals surface area contributed by atoms with Crippen LogP contribution in [0.2, 0.25) is 0 Å². The predicted octanol–water partition coefficient (Wildman–Crippen LogP) is 7.38. The summed E-state index contributed by atoms with van der Waals surface area (Å²) in [6.07, 6.45) is 1.60. The fourth-order valence-electron chi connectivity index (χ4n) is 2.25. The Morgan fingerprint density at radius 2 is 1.35 bits per heavy atom. The van der Waals surface area contributed by atoms with Gasteiger partial charge in [0.15, 0.2) is 0 Å². The highest BCUT2D eigenvalue weighted by molar-refractivity contribution is 6.55. The normalized spacial score (nSPS) is 11.8. The van der Waals surface area contributed by atoms with Crippen molar-refractivity contribution in [2.24, 2.45) is 10.6 Å². The minimum absolute atomic E-state index is 0.0235. The van der Waals surface area contributed by atoms with E-state index < -0.39 is 0 Å². The molecule has 0 heterocycles. The maximum Gasteiger partial charge on any atom is 0.130 e. The maximum atomic E-state index is 5.90. The van der Waals surface area contributed by atoms with Crippen molar-refractivity contribution >= 4 is 28.9 Å². The second-order valence-corrected chi connectivity index (χ2v) is 9.09. The van der Waals surface area contributed by atoms with Gasteiger partial charge in [0, 0.05) is 5.41 Å². The highest BCUT2D eigenvalue weighted by Crippen LogP contribution is 2.26. The van der Waals surface area contributed by atoms with Gasteiger partial charge in [0.2, 0.25) is 0 Å². The van der Waals surface area contributed by atoms with Gasteiger partial charge in [-0.2, -0.15) is 0 Å². The third-order valence-electron chi connectivity index (χ3n) is 3.99. The van der Waals surface area contributed by atoms with Gasteiger partial charge < -0.3 is 19.0 Å². The van der Waals surface area contributed by atoms with Crippen LogP contribution in [-0.4, -0.2) is 25.0 Å². The molecule has 0 amide bonds. The monoisotopic (exact) mass is 465 g/mol. The molecular weight excluding hydrogens is 437 g/mol. The first kappa shape index (κ1) is 24.9. The molecule has 0 aliphatic carbocycles. The SMILES string of the molecule is CC(C)ON=C(COc1ccc(Oc2ccc(OCC=C(Cl)Cl)cc2)cc1)C(C)(C)C. The van der Waals surface area contributed by atoms with Crippen LogP contribution in [0, 0.1) is 5.41 Å². The Bertz CT molecular complexity index is 866. The molecule has 0 aliphatic heterocycles. The summed E-state index contributed by atoms with van der Waals surface area (Å²) >= 11 is 11.1. The smallest absolute Gasteiger partial charge is 0.130 e. The molecular formula is C24H29Cl2NO4. The quantitative estimate of drug-likeness (QED) is 0.271. The molecule has 0 atom stereocenters. The summed E-state index contributed by atoms with van der Waals surface area (Å²) in [5, 5.41) is 4.26. The van der Waals surface area contributed by atoms with Crippen LogP contribution in [0.25, 0.3) is 0 Å². The van der Waals surface area contributed by atoms with E-state index in [1.807, 2.05) is 62.4 Å². The molecule has 7 heteroatoms. The zero-order chi connectivity index (χ0) is 22.9. The number of oxime groups is 1. The van der Waals surface area contributed by atoms with Gasteiger partial charge in [-0.15, -0.1) is 0 Å². The number of benzene rings is 2. The Morgan fingerprint density at radius 3 is 1.81 bits per heavy atom. The van der Waals surface area contributed by atoms with Crippen molar-refractivity contribution in [3.63, 3.8) is 0 Å². The van der Waals surface area contributed by atoms with E-state index >= 15 is 0 Å². The van der Waals surface area contributed by atoms with E-state index in [1.54, 1.807) is 6.08 Å². The second-order valence-electron chi connectivity index (χ2n) is 8.08. The molecule has 0 N–H and O–H groups in total. The molecule has 0 fully saturated rings. The van der Waals surface area contributed by atoms with Crippen LogP contribution >= 0.6 is 23.2 Å². The lowest BCUT2D eigenvalue weighted by molar-refractivity contribution is 0.0822. The summed E-state index contributed by atoms with van der Waals surface area (Å²) in [6.45, 7) is 10.8. The minimum Gasteiger partial charge on any atom is -0.489 e. The average molecular weight is 466 g/mol. The minimum atomic E-state index is -0.152. The molecule has 0 saturated heterocycles. The summed E-state index contributed by atoms with van der Waals surface area (Å²) in [7, 11) is 0. The van der Waals surface area contributed by atoms with Crippen molar-refractivity contribution in [3.8, 4) is 23.0 Å². The van der Waals surface area contributed by atoms with Crippen LogP contribution in [0.4, 0.5) is 0 Å². The predicted molar refractivity (Wildman–Crippen MR) is 127 cm³/mol. The molecule has 0 bridgehead atoms. The van der Waals surface area contributed by atoms with Gasteiger partial charge in [-0.3, -0.25) is 0 Å². The van der Waals surface area contributed by atoms with Gasteiger partial charge in [0.1, 0.15) is 46.8 Å². The zero-order valence-corrected chi connectivity index (χ0v) is 20.0. The van der Waals surface area contributed by atoms with Crippen LogP contribution in [0.5, 0.6) is 23.0 Å². The van der Waals surface area contributed by atoms with Gasteiger partial charge in [0.05, 0.1) is 5.71 Å². The van der Waals surface area contributed by atoms with E-state index in [0.29, 0.717) is 30.5 Å². The Kier molecular flexibility index (Phi) is 9.53. The lowest BCUT2D eigenvalue weighted by Crippen LogP contribution is -2.27. The van der Waals surface area contributed by atoms with E-state index in [0.717, 1.165) is 11.5 Å². The number of nitrogens with zero attached hydrogens (tertiary/aromatic N) is 1. The summed E-state index contributed by atoms with van der Waals surface area (Å²) in [5.74, 6) is 2.81. The third-order valence-corrected chi connectivity index (χ3v) is 4.29. The number of hydrogen-bond donors (Lipinski definition) is 0. The average Bonchev–Trinajstić information content (AvgIpc) is 2.69. The zero-order valence-electron chi connectivity index (χ0n) is 18.5. The molecule has 0 aromatic heterocycles. The Morgan fingerprint density at radius 1 is 0.871 bits per heavy atom. The Hall–Kier alpha value is -2.37. The van der Waals surface area contributed by atoms with Crippen LogP contribution in [0.1, 0.15) is 34.6 Å². The number of hydrogen-bond acceptors (Lipinski definition) is 5. The Balaban J connectivity index is 1.91. The fraction of sp³-hybridized carbons (Fsp3) is 0.375. The van der Waals surface area contributed by atoms with E-state index in [9.17, 15) is 0 Å². The van der Waals surface area contributed by atoms with Crippen molar-refractivity contribution in [3.05, 3.63) is 59.1 Å². The van der Waals surface area contributed by atoms with Gasteiger partial charge >= 0.3 is 0 Å². The van der Waals surface area contributed by atoms with Crippen molar-refractivity contribution in [2.45, 2.75) is 40.7 Å². The summed E-state index contributed by atoms with van der Waals surface area (Å²) in [4.78, 5) is 5.41. The number of halogens is 2. The molecule has 168 valence electrons. The van der Waals surface area contributed by atoms with Crippen LogP contribution in [0.3, 0.4) is 0 Å². The topological polar surface area (TPSA) is 49.3 Å². The van der Waals surface area contributed by atoms with Gasteiger partial charge in [-0.1, -0.05) is 49.1 Å². The molecule has 2 aromatic carbocycles. The molecule has 5 nitrogen and oxygen atoms in total. The summed E-state index contributed by atoms with van der Waals surface area (Å²) in [6, 6.07) is 14.7. The van der Waals surface area contributed by atoms with Gasteiger partial charge in [-0.25, -0.2) is 0 Å². The molecule has 0 unspecified atom stereocenters. The van der Waals surface area contributed by atoms with Crippen molar-refractivity contribution < 1.29 is 19.0 Å². The molecule has 0 radical (unpaired) electrons. The molecule has 2 aromatic rings. The van der Waals surface area contributed by atoms with Crippen LogP contribution < -0.4 is 14.2 Å². The highest BCUT2D eigenvalue weighted by Gasteiger charge is 2.21. The highest BCUT2D eigenvalue weighted by atomic mass is 35.5. The van der Waals surface area contributed by atoms with E-state index in [1.165, 1.54) is 0 Å². The molecule has 0 spiro atoms. The van der Waals surface area contributed by atoms with Gasteiger partial charge in [0.25, 0.3) is 0 Å². The van der Waals surface area contributed by atoms with E-state index in [4.69, 9.17) is 42.3 Å². The Labute approximate surface area is 194 Å². The largest absolute Gasteiger partial charge is 0.489 e. The standard InChI is InChI=1S/C24H29Cl2NO4/c1-17(2)31-27-22(24(3,4)5)16-29-19-8-12-21(13-9-19)30-20-10-6-18(7-11-20)28-15-14-23(25)26/h6-14,17H,15-16H2,1-5H3. The van der Waals surface area contributed by atoms with Crippen molar-refractivity contribution in [2.75, 3.05) is 13.2 Å². The fourth-order valence-corrected chi connectivity index (χ4v) is 2.37. The van der Waals surface area contributed by atoms with Crippen LogP contribution in [0.15, 0.2) is 64.3 Å². The third kappa shape index (κ3) is 9.53. The lowest BCUT2D eigenvalue weighted by atomic mass is 9.90. The molecule has 31 heavy (non-hydrogen) atoms. The first-order valence-electron chi connectivity index (χ1n) is 10.0. The maximum absolute atomic E-state index is 5.90. The second kappa shape index (κ2) is 11.9. The van der Waals surface area contributed by atoms with Crippen molar-refractivity contribution in [1.82, 2.24) is 0 Å². The first-order chi connectivity index (χ1) is 14.6. The number of rotatable bonds is 10. The summed E-state index contributed by atoms with van der Waals surface area (Å²) < 4.78 is 17.4. The van der Waals surface area contributed by atoms with E-state index in [2.05, 4.69) is 25.9 Å². The lowest BCUT2D eigenvalue weighted by Gasteiger charge is -2.21. The summed E-state index contributed by atoms with van der Waals surface area (Å²) in [5.41, 5.74) is 0.688. The van der Waals surface area contributed by atoms with Crippen molar-refractivity contribution in [1.29, 1.82) is 0 Å². The first-order valence-corrected chi connectivity index (χ1v) is 10.8. The van der Waals surface area contributed by atoms with Gasteiger partial charge in [-0.05, 0) is 68.5 Å². The van der Waals surface area contributed by atoms with E-state index in [-0.39, 0.29) is 16.0 Å². The molecule has 2 rings (SSSR count). The molecule has 0 saturated carbocycles. The number of ether oxygens (including phenoxy) is 3. The van der Waals surface area contributed by atoms with Crippen LogP contribution in [-0.2, 0) is 4.84 Å². The molecule has 0 aliphatic rings.